The normalized spacial score (nSPS) is 10.7. The number of nitrogens with two attached hydrogens (primary N) is 1. The molecule has 4 nitrogen and oxygen atoms in total. The van der Waals surface area contributed by atoms with Gasteiger partial charge in [-0.2, -0.15) is 0 Å². The molecular weight excluding hydrogens is 276 g/mol. The Hall–Kier alpha value is -2.46. The predicted molar refractivity (Wildman–Crippen MR) is 80.0 cm³/mol. The summed E-state index contributed by atoms with van der Waals surface area (Å²) in [5.41, 5.74) is 7.81. The molecule has 1 amide bonds. The number of halogens is 1. The van der Waals surface area contributed by atoms with Crippen molar-refractivity contribution in [3.8, 4) is 0 Å². The molecule has 0 spiro atoms. The molecule has 0 saturated heterocycles. The standard InChI is InChI=1S/C15H11ClN2O2/c16-12-6-5-9(17)7-13(12)18-15(19)11-8-20-14-4-2-1-3-10(11)14/h1-8H,17H2,(H,18,19). The van der Waals surface area contributed by atoms with Gasteiger partial charge in [0.25, 0.3) is 5.91 Å². The number of hydrogen-bond acceptors (Lipinski definition) is 3. The van der Waals surface area contributed by atoms with Crippen molar-refractivity contribution in [2.45, 2.75) is 0 Å². The van der Waals surface area contributed by atoms with Gasteiger partial charge in [-0.25, -0.2) is 0 Å². The molecule has 0 aliphatic heterocycles. The molecule has 100 valence electrons. The van der Waals surface area contributed by atoms with Gasteiger partial charge < -0.3 is 15.5 Å². The van der Waals surface area contributed by atoms with E-state index in [4.69, 9.17) is 21.8 Å². The number of nitrogens with one attached hydrogen (secondary N) is 1. The number of rotatable bonds is 2. The molecule has 1 aromatic heterocycles. The van der Waals surface area contributed by atoms with Crippen LogP contribution in [0.2, 0.25) is 5.02 Å². The van der Waals surface area contributed by atoms with E-state index in [1.54, 1.807) is 24.3 Å². The molecule has 5 heteroatoms. The molecule has 2 aromatic carbocycles. The zero-order valence-corrected chi connectivity index (χ0v) is 11.1. The number of amides is 1. The minimum atomic E-state index is -0.289. The maximum Gasteiger partial charge on any atom is 0.259 e. The number of carbonyl (C=O) groups excluding carboxylic acids is 1. The monoisotopic (exact) mass is 286 g/mol. The molecule has 0 atom stereocenters. The van der Waals surface area contributed by atoms with Gasteiger partial charge in [0.2, 0.25) is 0 Å². The van der Waals surface area contributed by atoms with E-state index in [1.165, 1.54) is 6.26 Å². The summed E-state index contributed by atoms with van der Waals surface area (Å²) < 4.78 is 5.34. The van der Waals surface area contributed by atoms with Crippen LogP contribution in [0.5, 0.6) is 0 Å². The highest BCUT2D eigenvalue weighted by Crippen LogP contribution is 2.26. The fourth-order valence-corrected chi connectivity index (χ4v) is 2.15. The van der Waals surface area contributed by atoms with Crippen LogP contribution in [-0.4, -0.2) is 5.91 Å². The smallest absolute Gasteiger partial charge is 0.259 e. The van der Waals surface area contributed by atoms with Crippen molar-refractivity contribution in [2.75, 3.05) is 11.1 Å². The summed E-state index contributed by atoms with van der Waals surface area (Å²) in [4.78, 5) is 12.3. The molecule has 0 aliphatic rings. The number of carbonyl (C=O) groups is 1. The Bertz CT molecular complexity index is 795. The van der Waals surface area contributed by atoms with Gasteiger partial charge >= 0.3 is 0 Å². The van der Waals surface area contributed by atoms with Crippen LogP contribution in [0.15, 0.2) is 53.1 Å². The first-order valence-corrected chi connectivity index (χ1v) is 6.35. The van der Waals surface area contributed by atoms with Gasteiger partial charge in [0.15, 0.2) is 0 Å². The van der Waals surface area contributed by atoms with Crippen LogP contribution < -0.4 is 11.1 Å². The van der Waals surface area contributed by atoms with Crippen molar-refractivity contribution >= 4 is 39.9 Å². The summed E-state index contributed by atoms with van der Waals surface area (Å²) in [5.74, 6) is -0.289. The van der Waals surface area contributed by atoms with E-state index >= 15 is 0 Å². The maximum absolute atomic E-state index is 12.3. The van der Waals surface area contributed by atoms with E-state index in [0.29, 0.717) is 27.5 Å². The van der Waals surface area contributed by atoms with Gasteiger partial charge in [0, 0.05) is 11.1 Å². The quantitative estimate of drug-likeness (QED) is 0.702. The second-order valence-corrected chi connectivity index (χ2v) is 4.75. The van der Waals surface area contributed by atoms with Crippen LogP contribution >= 0.6 is 11.6 Å². The lowest BCUT2D eigenvalue weighted by molar-refractivity contribution is 0.102. The first-order valence-electron chi connectivity index (χ1n) is 5.98. The van der Waals surface area contributed by atoms with Crippen molar-refractivity contribution in [1.82, 2.24) is 0 Å². The number of para-hydroxylation sites is 1. The lowest BCUT2D eigenvalue weighted by Crippen LogP contribution is -2.11. The summed E-state index contributed by atoms with van der Waals surface area (Å²) in [7, 11) is 0. The van der Waals surface area contributed by atoms with Crippen LogP contribution in [0.4, 0.5) is 11.4 Å². The van der Waals surface area contributed by atoms with Crippen LogP contribution in [0, 0.1) is 0 Å². The highest BCUT2D eigenvalue weighted by atomic mass is 35.5. The van der Waals surface area contributed by atoms with Gasteiger partial charge in [0.1, 0.15) is 11.8 Å². The Morgan fingerprint density at radius 1 is 1.20 bits per heavy atom. The van der Waals surface area contributed by atoms with Gasteiger partial charge in [-0.05, 0) is 24.3 Å². The van der Waals surface area contributed by atoms with Gasteiger partial charge in [-0.1, -0.05) is 29.8 Å². The molecule has 0 aliphatic carbocycles. The molecular formula is C15H11ClN2O2. The highest BCUT2D eigenvalue weighted by molar-refractivity contribution is 6.34. The summed E-state index contributed by atoms with van der Waals surface area (Å²) in [5, 5.41) is 3.92. The predicted octanol–water partition coefficient (Wildman–Crippen LogP) is 3.92. The van der Waals surface area contributed by atoms with E-state index < -0.39 is 0 Å². The third-order valence-corrected chi connectivity index (χ3v) is 3.29. The van der Waals surface area contributed by atoms with Crippen molar-refractivity contribution in [2.24, 2.45) is 0 Å². The van der Waals surface area contributed by atoms with Crippen molar-refractivity contribution < 1.29 is 9.21 Å². The third kappa shape index (κ3) is 2.21. The van der Waals surface area contributed by atoms with E-state index in [-0.39, 0.29) is 5.91 Å². The summed E-state index contributed by atoms with van der Waals surface area (Å²) in [6.07, 6.45) is 1.43. The minimum Gasteiger partial charge on any atom is -0.463 e. The Labute approximate surface area is 120 Å². The van der Waals surface area contributed by atoms with E-state index in [9.17, 15) is 4.79 Å². The Morgan fingerprint density at radius 3 is 2.85 bits per heavy atom. The van der Waals surface area contributed by atoms with E-state index in [0.717, 1.165) is 5.39 Å². The summed E-state index contributed by atoms with van der Waals surface area (Å²) >= 11 is 6.03. The number of fused-ring (bicyclic) bond motifs is 1. The number of anilines is 2. The molecule has 3 aromatic rings. The number of hydrogen-bond donors (Lipinski definition) is 2. The van der Waals surface area contributed by atoms with Gasteiger partial charge in [-0.15, -0.1) is 0 Å². The Kier molecular flexibility index (Phi) is 3.08. The maximum atomic E-state index is 12.3. The average Bonchev–Trinajstić information content (AvgIpc) is 2.87. The number of benzene rings is 2. The van der Waals surface area contributed by atoms with Crippen LogP contribution in [-0.2, 0) is 0 Å². The molecule has 0 radical (unpaired) electrons. The molecule has 0 saturated carbocycles. The van der Waals surface area contributed by atoms with Crippen molar-refractivity contribution in [3.05, 3.63) is 59.3 Å². The minimum absolute atomic E-state index is 0.289. The Morgan fingerprint density at radius 2 is 2.00 bits per heavy atom. The molecule has 0 bridgehead atoms. The zero-order chi connectivity index (χ0) is 14.1. The molecule has 1 heterocycles. The van der Waals surface area contributed by atoms with Gasteiger partial charge in [0.05, 0.1) is 16.3 Å². The molecule has 20 heavy (non-hydrogen) atoms. The Balaban J connectivity index is 1.95. The van der Waals surface area contributed by atoms with Crippen molar-refractivity contribution in [3.63, 3.8) is 0 Å². The fourth-order valence-electron chi connectivity index (χ4n) is 1.98. The molecule has 3 N–H and O–H groups in total. The van der Waals surface area contributed by atoms with Crippen LogP contribution in [0.3, 0.4) is 0 Å². The lowest BCUT2D eigenvalue weighted by Gasteiger charge is -2.07. The van der Waals surface area contributed by atoms with Crippen LogP contribution in [0.1, 0.15) is 10.4 Å². The average molecular weight is 287 g/mol. The summed E-state index contributed by atoms with van der Waals surface area (Å²) in [6, 6.07) is 12.3. The van der Waals surface area contributed by atoms with E-state index in [2.05, 4.69) is 5.32 Å². The van der Waals surface area contributed by atoms with Gasteiger partial charge in [-0.3, -0.25) is 4.79 Å². The first-order chi connectivity index (χ1) is 9.65. The fraction of sp³-hybridized carbons (Fsp3) is 0. The lowest BCUT2D eigenvalue weighted by atomic mass is 10.1. The topological polar surface area (TPSA) is 68.3 Å². The van der Waals surface area contributed by atoms with E-state index in [1.807, 2.05) is 18.2 Å². The first kappa shape index (κ1) is 12.6. The molecule has 0 fully saturated rings. The molecule has 0 unspecified atom stereocenters. The largest absolute Gasteiger partial charge is 0.463 e. The zero-order valence-electron chi connectivity index (χ0n) is 10.4. The number of furan rings is 1. The second-order valence-electron chi connectivity index (χ2n) is 4.34. The SMILES string of the molecule is Nc1ccc(Cl)c(NC(=O)c2coc3ccccc23)c1. The molecule has 3 rings (SSSR count). The summed E-state index contributed by atoms with van der Waals surface area (Å²) in [6.45, 7) is 0. The third-order valence-electron chi connectivity index (χ3n) is 2.96. The van der Waals surface area contributed by atoms with Crippen molar-refractivity contribution in [1.29, 1.82) is 0 Å². The number of nitrogen functional groups attached to an aromatic ring is 1. The highest BCUT2D eigenvalue weighted by Gasteiger charge is 2.14. The second kappa shape index (κ2) is 4.90. The van der Waals surface area contributed by atoms with Crippen LogP contribution in [0.25, 0.3) is 11.0 Å².